The summed E-state index contributed by atoms with van der Waals surface area (Å²) in [6, 6.07) is 3.84. The number of carboxylic acids is 1. The quantitative estimate of drug-likeness (QED) is 0.689. The maximum Gasteiger partial charge on any atom is 0.336 e. The van der Waals surface area contributed by atoms with Crippen molar-refractivity contribution in [3.63, 3.8) is 0 Å². The normalized spacial score (nSPS) is 12.2. The highest BCUT2D eigenvalue weighted by molar-refractivity contribution is 5.85. The third-order valence-electron chi connectivity index (χ3n) is 3.73. The largest absolute Gasteiger partial charge is 0.507 e. The summed E-state index contributed by atoms with van der Waals surface area (Å²) in [4.78, 5) is 22.9. The minimum atomic E-state index is -0.948. The predicted octanol–water partition coefficient (Wildman–Crippen LogP) is 2.82. The van der Waals surface area contributed by atoms with Crippen molar-refractivity contribution in [2.24, 2.45) is 5.92 Å². The molecule has 6 nitrogen and oxygen atoms in total. The Hall–Kier alpha value is -2.05. The molecule has 0 saturated carbocycles. The van der Waals surface area contributed by atoms with Gasteiger partial charge in [-0.1, -0.05) is 13.8 Å². The molecule has 0 spiro atoms. The Kier molecular flexibility index (Phi) is 6.81. The number of phenols is 1. The van der Waals surface area contributed by atoms with Crippen molar-refractivity contribution in [1.82, 2.24) is 5.32 Å². The van der Waals surface area contributed by atoms with Gasteiger partial charge >= 0.3 is 11.6 Å². The maximum atomic E-state index is 11.6. The van der Waals surface area contributed by atoms with Gasteiger partial charge in [0, 0.05) is 18.0 Å². The fourth-order valence-corrected chi connectivity index (χ4v) is 2.57. The zero-order valence-electron chi connectivity index (χ0n) is 13.8. The number of benzene rings is 1. The van der Waals surface area contributed by atoms with Gasteiger partial charge in [-0.05, 0) is 37.0 Å². The summed E-state index contributed by atoms with van der Waals surface area (Å²) in [6.45, 7) is 5.76. The lowest BCUT2D eigenvalue weighted by molar-refractivity contribution is -0.140. The van der Waals surface area contributed by atoms with Crippen molar-refractivity contribution >= 4 is 29.3 Å². The molecule has 7 heteroatoms. The van der Waals surface area contributed by atoms with Gasteiger partial charge < -0.3 is 19.9 Å². The zero-order chi connectivity index (χ0) is 17.1. The number of hydrogen-bond acceptors (Lipinski definition) is 5. The van der Waals surface area contributed by atoms with Crippen LogP contribution < -0.4 is 10.9 Å². The van der Waals surface area contributed by atoms with Gasteiger partial charge in [0.2, 0.25) is 0 Å². The molecule has 2 aromatic rings. The number of fused-ring (bicyclic) bond motifs is 1. The van der Waals surface area contributed by atoms with E-state index in [1.54, 1.807) is 13.0 Å². The van der Waals surface area contributed by atoms with Crippen LogP contribution in [0.25, 0.3) is 11.0 Å². The third kappa shape index (κ3) is 4.49. The van der Waals surface area contributed by atoms with E-state index in [9.17, 15) is 19.8 Å². The summed E-state index contributed by atoms with van der Waals surface area (Å²) in [5.74, 6) is -0.770. The summed E-state index contributed by atoms with van der Waals surface area (Å²) >= 11 is 0. The highest BCUT2D eigenvalue weighted by Crippen LogP contribution is 2.28. The molecule has 132 valence electrons. The monoisotopic (exact) mass is 355 g/mol. The van der Waals surface area contributed by atoms with Crippen LogP contribution in [-0.4, -0.2) is 22.2 Å². The summed E-state index contributed by atoms with van der Waals surface area (Å²) < 4.78 is 5.23. The van der Waals surface area contributed by atoms with Crippen LogP contribution in [0.2, 0.25) is 0 Å². The fraction of sp³-hybridized carbons (Fsp3) is 0.412. The minimum absolute atomic E-state index is 0. The lowest BCUT2D eigenvalue weighted by Crippen LogP contribution is -2.37. The molecule has 0 fully saturated rings. The summed E-state index contributed by atoms with van der Waals surface area (Å²) in [5, 5.41) is 23.0. The second kappa shape index (κ2) is 8.17. The van der Waals surface area contributed by atoms with Crippen LogP contribution in [-0.2, 0) is 11.3 Å². The number of carboxylic acid groups (broad SMARTS) is 1. The van der Waals surface area contributed by atoms with E-state index in [0.717, 1.165) is 10.9 Å². The van der Waals surface area contributed by atoms with Gasteiger partial charge in [-0.25, -0.2) is 4.79 Å². The fourth-order valence-electron chi connectivity index (χ4n) is 2.57. The molecule has 1 aromatic heterocycles. The lowest BCUT2D eigenvalue weighted by atomic mass is 10.0. The van der Waals surface area contributed by atoms with Crippen LogP contribution in [0.15, 0.2) is 27.4 Å². The van der Waals surface area contributed by atoms with Crippen LogP contribution >= 0.6 is 12.4 Å². The molecule has 0 amide bonds. The average Bonchev–Trinajstić information content (AvgIpc) is 2.43. The summed E-state index contributed by atoms with van der Waals surface area (Å²) in [7, 11) is 0. The van der Waals surface area contributed by atoms with Gasteiger partial charge in [0.05, 0.1) is 5.56 Å². The van der Waals surface area contributed by atoms with E-state index in [4.69, 9.17) is 4.42 Å². The number of aromatic hydroxyl groups is 1. The zero-order valence-corrected chi connectivity index (χ0v) is 14.6. The number of phenolic OH excluding ortho intramolecular Hbond substituents is 1. The number of rotatable bonds is 6. The van der Waals surface area contributed by atoms with E-state index >= 15 is 0 Å². The Morgan fingerprint density at radius 1 is 1.33 bits per heavy atom. The Balaban J connectivity index is 0.00000288. The van der Waals surface area contributed by atoms with Crippen LogP contribution in [0.5, 0.6) is 5.75 Å². The lowest BCUT2D eigenvalue weighted by Gasteiger charge is -2.17. The number of carbonyl (C=O) groups is 1. The van der Waals surface area contributed by atoms with Crippen LogP contribution in [0.4, 0.5) is 0 Å². The standard InChI is InChI=1S/C17H21NO5.ClH/c1-9(2)6-13(17(21)22)18-8-12-14(19)5-4-11-10(3)7-15(20)23-16(11)12;/h4-5,7,9,13,18-19H,6,8H2,1-3H3,(H,21,22);1H. The molecule has 0 aliphatic carbocycles. The van der Waals surface area contributed by atoms with Crippen molar-refractivity contribution in [2.45, 2.75) is 39.8 Å². The molecule has 0 aliphatic heterocycles. The first-order chi connectivity index (χ1) is 10.8. The highest BCUT2D eigenvalue weighted by Gasteiger charge is 2.20. The van der Waals surface area contributed by atoms with Crippen molar-refractivity contribution in [3.05, 3.63) is 39.7 Å². The molecule has 0 bridgehead atoms. The van der Waals surface area contributed by atoms with Gasteiger partial charge in [-0.15, -0.1) is 12.4 Å². The van der Waals surface area contributed by atoms with E-state index in [-0.39, 0.29) is 36.2 Å². The molecule has 1 unspecified atom stereocenters. The van der Waals surface area contributed by atoms with Gasteiger partial charge in [0.15, 0.2) is 0 Å². The first-order valence-electron chi connectivity index (χ1n) is 7.51. The van der Waals surface area contributed by atoms with Gasteiger partial charge in [0.25, 0.3) is 0 Å². The average molecular weight is 356 g/mol. The topological polar surface area (TPSA) is 99.8 Å². The van der Waals surface area contributed by atoms with E-state index < -0.39 is 17.6 Å². The maximum absolute atomic E-state index is 11.6. The van der Waals surface area contributed by atoms with Crippen molar-refractivity contribution in [3.8, 4) is 5.75 Å². The molecule has 1 atom stereocenters. The smallest absolute Gasteiger partial charge is 0.336 e. The van der Waals surface area contributed by atoms with Crippen molar-refractivity contribution in [1.29, 1.82) is 0 Å². The van der Waals surface area contributed by atoms with E-state index in [0.29, 0.717) is 12.0 Å². The molecule has 0 radical (unpaired) electrons. The number of nitrogens with one attached hydrogen (secondary N) is 1. The Labute approximate surface area is 145 Å². The van der Waals surface area contributed by atoms with Crippen LogP contribution in [0, 0.1) is 12.8 Å². The van der Waals surface area contributed by atoms with Gasteiger partial charge in [-0.3, -0.25) is 4.79 Å². The van der Waals surface area contributed by atoms with Crippen molar-refractivity contribution in [2.75, 3.05) is 0 Å². The minimum Gasteiger partial charge on any atom is -0.507 e. The number of halogens is 1. The molecule has 2 rings (SSSR count). The summed E-state index contributed by atoms with van der Waals surface area (Å²) in [5.41, 5.74) is 0.919. The molecule has 3 N–H and O–H groups in total. The first kappa shape index (κ1) is 20.0. The van der Waals surface area contributed by atoms with Crippen LogP contribution in [0.1, 0.15) is 31.4 Å². The molecule has 1 heterocycles. The Morgan fingerprint density at radius 3 is 2.58 bits per heavy atom. The highest BCUT2D eigenvalue weighted by atomic mass is 35.5. The van der Waals surface area contributed by atoms with Gasteiger partial charge in [-0.2, -0.15) is 0 Å². The predicted molar refractivity (Wildman–Crippen MR) is 93.9 cm³/mol. The van der Waals surface area contributed by atoms with Crippen LogP contribution in [0.3, 0.4) is 0 Å². The van der Waals surface area contributed by atoms with Crippen molar-refractivity contribution < 1.29 is 19.4 Å². The SMILES string of the molecule is Cc1cc(=O)oc2c(CNC(CC(C)C)C(=O)O)c(O)ccc12.Cl. The Bertz CT molecular complexity index is 784. The second-order valence-electron chi connectivity index (χ2n) is 6.09. The van der Waals surface area contributed by atoms with E-state index in [1.807, 2.05) is 13.8 Å². The molecule has 24 heavy (non-hydrogen) atoms. The number of hydrogen-bond donors (Lipinski definition) is 3. The second-order valence-corrected chi connectivity index (χ2v) is 6.09. The molecule has 0 saturated heterocycles. The number of aryl methyl sites for hydroxylation is 1. The molecule has 0 aliphatic rings. The van der Waals surface area contributed by atoms with Gasteiger partial charge in [0.1, 0.15) is 17.4 Å². The molecule has 1 aromatic carbocycles. The molecular weight excluding hydrogens is 334 g/mol. The first-order valence-corrected chi connectivity index (χ1v) is 7.51. The molecular formula is C17H22ClNO5. The third-order valence-corrected chi connectivity index (χ3v) is 3.73. The summed E-state index contributed by atoms with van der Waals surface area (Å²) in [6.07, 6.45) is 0.462. The van der Waals surface area contributed by atoms with E-state index in [2.05, 4.69) is 5.32 Å². The van der Waals surface area contributed by atoms with E-state index in [1.165, 1.54) is 12.1 Å². The Morgan fingerprint density at radius 2 is 2.00 bits per heavy atom. The number of aliphatic carboxylic acids is 1.